The molecule has 0 unspecified atom stereocenters. The first-order chi connectivity index (χ1) is 9.45. The number of benzene rings is 2. The van der Waals surface area contributed by atoms with Gasteiger partial charge in [0.15, 0.2) is 10.6 Å². The SMILES string of the molecule is Fc1cc(Cl)cc(-n2c(=S)[nH]c3c(F)cc(F)cc32)c1. The number of nitrogens with one attached hydrogen (secondary N) is 1. The summed E-state index contributed by atoms with van der Waals surface area (Å²) in [4.78, 5) is 2.63. The van der Waals surface area contributed by atoms with Gasteiger partial charge in [0.25, 0.3) is 0 Å². The largest absolute Gasteiger partial charge is 0.328 e. The quantitative estimate of drug-likeness (QED) is 0.642. The van der Waals surface area contributed by atoms with Crippen LogP contribution in [0.15, 0.2) is 30.3 Å². The fourth-order valence-corrected chi connectivity index (χ4v) is 2.58. The van der Waals surface area contributed by atoms with Crippen LogP contribution in [0.5, 0.6) is 0 Å². The molecule has 102 valence electrons. The molecule has 1 N–H and O–H groups in total. The van der Waals surface area contributed by atoms with Crippen LogP contribution in [-0.4, -0.2) is 9.55 Å². The minimum atomic E-state index is -0.771. The predicted octanol–water partition coefficient (Wildman–Crippen LogP) is 4.76. The second kappa shape index (κ2) is 4.64. The van der Waals surface area contributed by atoms with E-state index in [2.05, 4.69) is 4.98 Å². The van der Waals surface area contributed by atoms with Crippen LogP contribution in [0.3, 0.4) is 0 Å². The zero-order valence-electron chi connectivity index (χ0n) is 9.75. The molecule has 0 aliphatic carbocycles. The zero-order chi connectivity index (χ0) is 14.4. The maximum absolute atomic E-state index is 13.7. The van der Waals surface area contributed by atoms with Crippen molar-refractivity contribution in [1.29, 1.82) is 0 Å². The summed E-state index contributed by atoms with van der Waals surface area (Å²) in [7, 11) is 0. The van der Waals surface area contributed by atoms with E-state index >= 15 is 0 Å². The molecule has 0 radical (unpaired) electrons. The fourth-order valence-electron chi connectivity index (χ4n) is 2.06. The van der Waals surface area contributed by atoms with Crippen LogP contribution in [0.1, 0.15) is 0 Å². The van der Waals surface area contributed by atoms with Gasteiger partial charge in [-0.15, -0.1) is 0 Å². The van der Waals surface area contributed by atoms with Gasteiger partial charge >= 0.3 is 0 Å². The molecule has 1 aromatic heterocycles. The zero-order valence-corrected chi connectivity index (χ0v) is 11.3. The van der Waals surface area contributed by atoms with E-state index in [-0.39, 0.29) is 26.5 Å². The average molecular weight is 315 g/mol. The van der Waals surface area contributed by atoms with E-state index in [1.54, 1.807) is 0 Å². The van der Waals surface area contributed by atoms with Crippen LogP contribution < -0.4 is 0 Å². The van der Waals surface area contributed by atoms with Gasteiger partial charge in [-0.1, -0.05) is 11.6 Å². The molecular weight excluding hydrogens is 309 g/mol. The molecule has 3 rings (SSSR count). The highest BCUT2D eigenvalue weighted by molar-refractivity contribution is 7.71. The summed E-state index contributed by atoms with van der Waals surface area (Å²) in [6, 6.07) is 5.62. The Bertz CT molecular complexity index is 865. The molecule has 0 fully saturated rings. The molecule has 0 saturated heterocycles. The van der Waals surface area contributed by atoms with Crippen LogP contribution >= 0.6 is 23.8 Å². The van der Waals surface area contributed by atoms with Gasteiger partial charge in [0.1, 0.15) is 17.2 Å². The summed E-state index contributed by atoms with van der Waals surface area (Å²) in [5.41, 5.74) is 0.516. The third kappa shape index (κ3) is 2.10. The van der Waals surface area contributed by atoms with E-state index in [1.807, 2.05) is 0 Å². The number of aromatic amines is 1. The average Bonchev–Trinajstić information content (AvgIpc) is 2.64. The molecule has 0 bridgehead atoms. The van der Waals surface area contributed by atoms with Crippen LogP contribution in [0.4, 0.5) is 13.2 Å². The van der Waals surface area contributed by atoms with Gasteiger partial charge in [-0.2, -0.15) is 0 Å². The molecule has 3 aromatic rings. The van der Waals surface area contributed by atoms with E-state index in [4.69, 9.17) is 23.8 Å². The predicted molar refractivity (Wildman–Crippen MR) is 73.3 cm³/mol. The van der Waals surface area contributed by atoms with Crippen LogP contribution in [-0.2, 0) is 0 Å². The van der Waals surface area contributed by atoms with Gasteiger partial charge in [-0.25, -0.2) is 13.2 Å². The number of hydrogen-bond acceptors (Lipinski definition) is 1. The van der Waals surface area contributed by atoms with Crippen molar-refractivity contribution >= 4 is 34.9 Å². The Balaban J connectivity index is 2.41. The standard InChI is InChI=1S/C13H6ClF3N2S/c14-6-1-7(15)3-9(2-6)19-11-5-8(16)4-10(17)12(11)18-13(19)20/h1-5H,(H,18,20). The number of H-pyrrole nitrogens is 1. The van der Waals surface area contributed by atoms with Gasteiger partial charge in [-0.3, -0.25) is 4.57 Å². The van der Waals surface area contributed by atoms with Crippen molar-refractivity contribution in [2.75, 3.05) is 0 Å². The van der Waals surface area contributed by atoms with Crippen LogP contribution in [0, 0.1) is 22.2 Å². The Hall–Kier alpha value is -1.79. The Labute approximate surface area is 121 Å². The van der Waals surface area contributed by atoms with Gasteiger partial charge in [0.2, 0.25) is 0 Å². The molecule has 0 saturated carbocycles. The van der Waals surface area contributed by atoms with Crippen molar-refractivity contribution < 1.29 is 13.2 Å². The Morgan fingerprint density at radius 1 is 1.00 bits per heavy atom. The van der Waals surface area contributed by atoms with Crippen molar-refractivity contribution in [3.05, 3.63) is 57.6 Å². The number of fused-ring (bicyclic) bond motifs is 1. The highest BCUT2D eigenvalue weighted by Gasteiger charge is 2.13. The van der Waals surface area contributed by atoms with E-state index in [0.717, 1.165) is 18.2 Å². The number of halogens is 4. The lowest BCUT2D eigenvalue weighted by molar-refractivity contribution is 0.590. The normalized spacial score (nSPS) is 11.2. The van der Waals surface area contributed by atoms with Gasteiger partial charge in [0.05, 0.1) is 11.2 Å². The molecule has 0 aliphatic heterocycles. The highest BCUT2D eigenvalue weighted by Crippen LogP contribution is 2.25. The Morgan fingerprint density at radius 2 is 1.70 bits per heavy atom. The second-order valence-electron chi connectivity index (χ2n) is 4.17. The van der Waals surface area contributed by atoms with Crippen molar-refractivity contribution in [2.45, 2.75) is 0 Å². The molecule has 2 nitrogen and oxygen atoms in total. The molecule has 2 aromatic carbocycles. The molecule has 0 amide bonds. The van der Waals surface area contributed by atoms with Crippen molar-refractivity contribution in [3.8, 4) is 5.69 Å². The maximum atomic E-state index is 13.7. The lowest BCUT2D eigenvalue weighted by Crippen LogP contribution is -1.95. The second-order valence-corrected chi connectivity index (χ2v) is 5.00. The summed E-state index contributed by atoms with van der Waals surface area (Å²) in [6.45, 7) is 0. The number of imidazole rings is 1. The summed E-state index contributed by atoms with van der Waals surface area (Å²) in [5, 5.41) is 0.160. The van der Waals surface area contributed by atoms with Gasteiger partial charge in [-0.05, 0) is 30.4 Å². The van der Waals surface area contributed by atoms with Gasteiger partial charge in [0, 0.05) is 17.2 Å². The molecule has 0 aliphatic rings. The lowest BCUT2D eigenvalue weighted by atomic mass is 10.2. The van der Waals surface area contributed by atoms with E-state index in [0.29, 0.717) is 0 Å². The molecule has 7 heteroatoms. The first-order valence-corrected chi connectivity index (χ1v) is 6.30. The summed E-state index contributed by atoms with van der Waals surface area (Å²) in [6.07, 6.45) is 0. The topological polar surface area (TPSA) is 20.7 Å². The molecule has 1 heterocycles. The molecular formula is C13H6ClF3N2S. The Kier molecular flexibility index (Phi) is 3.07. The molecule has 20 heavy (non-hydrogen) atoms. The first kappa shape index (κ1) is 13.2. The first-order valence-electron chi connectivity index (χ1n) is 5.52. The number of aromatic nitrogens is 2. The smallest absolute Gasteiger partial charge is 0.182 e. The number of hydrogen-bond donors (Lipinski definition) is 1. The number of nitrogens with zero attached hydrogens (tertiary/aromatic N) is 1. The maximum Gasteiger partial charge on any atom is 0.182 e. The third-order valence-electron chi connectivity index (χ3n) is 2.82. The molecule has 0 spiro atoms. The van der Waals surface area contributed by atoms with Crippen molar-refractivity contribution in [3.63, 3.8) is 0 Å². The van der Waals surface area contributed by atoms with Gasteiger partial charge < -0.3 is 4.98 Å². The van der Waals surface area contributed by atoms with Crippen LogP contribution in [0.2, 0.25) is 5.02 Å². The highest BCUT2D eigenvalue weighted by atomic mass is 35.5. The summed E-state index contributed by atoms with van der Waals surface area (Å²) >= 11 is 10.9. The Morgan fingerprint density at radius 3 is 2.40 bits per heavy atom. The number of rotatable bonds is 1. The van der Waals surface area contributed by atoms with E-state index in [1.165, 1.54) is 16.7 Å². The third-order valence-corrected chi connectivity index (χ3v) is 3.32. The lowest BCUT2D eigenvalue weighted by Gasteiger charge is -2.06. The van der Waals surface area contributed by atoms with E-state index in [9.17, 15) is 13.2 Å². The summed E-state index contributed by atoms with van der Waals surface area (Å²) in [5.74, 6) is -2.09. The van der Waals surface area contributed by atoms with Crippen molar-refractivity contribution in [1.82, 2.24) is 9.55 Å². The molecule has 0 atom stereocenters. The monoisotopic (exact) mass is 314 g/mol. The summed E-state index contributed by atoms with van der Waals surface area (Å²) < 4.78 is 41.9. The minimum Gasteiger partial charge on any atom is -0.328 e. The van der Waals surface area contributed by atoms with Crippen LogP contribution in [0.25, 0.3) is 16.7 Å². The fraction of sp³-hybridized carbons (Fsp3) is 0. The minimum absolute atomic E-state index is 0.0526. The van der Waals surface area contributed by atoms with Crippen molar-refractivity contribution in [2.24, 2.45) is 0 Å². The van der Waals surface area contributed by atoms with E-state index < -0.39 is 17.5 Å².